The largest absolute Gasteiger partial charge is 0.395 e. The van der Waals surface area contributed by atoms with Crippen molar-refractivity contribution in [1.82, 2.24) is 4.90 Å². The van der Waals surface area contributed by atoms with Crippen LogP contribution in [0.25, 0.3) is 0 Å². The van der Waals surface area contributed by atoms with Gasteiger partial charge in [0.2, 0.25) is 0 Å². The smallest absolute Gasteiger partial charge is 0.266 e. The molecule has 1 N–H and O–H groups in total. The molecule has 3 rings (SSSR count). The maximum atomic E-state index is 12.2. The van der Waals surface area contributed by atoms with Gasteiger partial charge < -0.3 is 10.0 Å². The van der Waals surface area contributed by atoms with Gasteiger partial charge in [0.15, 0.2) is 0 Å². The molecular weight excluding hydrogens is 336 g/mol. The summed E-state index contributed by atoms with van der Waals surface area (Å²) in [7, 11) is 2.01. The molecular formula is C15H14N2O2S3. The van der Waals surface area contributed by atoms with Gasteiger partial charge in [-0.3, -0.25) is 9.69 Å². The first-order valence-corrected chi connectivity index (χ1v) is 8.73. The normalized spacial score (nSPS) is 21.4. The van der Waals surface area contributed by atoms with E-state index in [0.29, 0.717) is 9.23 Å². The first kappa shape index (κ1) is 15.6. The summed E-state index contributed by atoms with van der Waals surface area (Å²) >= 11 is 8.12. The Labute approximate surface area is 142 Å². The zero-order chi connectivity index (χ0) is 15.7. The van der Waals surface area contributed by atoms with Crippen LogP contribution in [-0.2, 0) is 4.79 Å². The van der Waals surface area contributed by atoms with E-state index >= 15 is 0 Å². The topological polar surface area (TPSA) is 43.8 Å². The second-order valence-electron chi connectivity index (χ2n) is 4.71. The molecule has 2 heterocycles. The third kappa shape index (κ3) is 2.81. The number of aliphatic hydroxyl groups is 1. The van der Waals surface area contributed by atoms with Crippen molar-refractivity contribution >= 4 is 51.7 Å². The quantitative estimate of drug-likeness (QED) is 0.668. The van der Waals surface area contributed by atoms with Crippen molar-refractivity contribution < 1.29 is 9.90 Å². The number of benzene rings is 1. The fourth-order valence-electron chi connectivity index (χ4n) is 2.22. The molecule has 2 aliphatic rings. The predicted octanol–water partition coefficient (Wildman–Crippen LogP) is 2.81. The number of β-amino-alcohol motifs (C(OH)–C–C–N with tert-alkyl or cyclic N) is 1. The van der Waals surface area contributed by atoms with Crippen molar-refractivity contribution in [3.8, 4) is 0 Å². The second kappa shape index (κ2) is 6.45. The number of allylic oxidation sites excluding steroid dienone is 2. The Hall–Kier alpha value is -1.28. The van der Waals surface area contributed by atoms with Crippen LogP contribution < -0.4 is 4.90 Å². The Kier molecular flexibility index (Phi) is 4.58. The standard InChI is InChI=1S/C15H14N2O2S3/c1-16-10-4-2-3-5-11(10)21-13(16)7-6-12-14(19)17(8-9-18)15(20)22-12/h2-7,18H,8-9H2,1H3. The van der Waals surface area contributed by atoms with Gasteiger partial charge in [-0.05, 0) is 24.3 Å². The summed E-state index contributed by atoms with van der Waals surface area (Å²) in [4.78, 5) is 17.5. The second-order valence-corrected chi connectivity index (χ2v) is 7.45. The van der Waals surface area contributed by atoms with Gasteiger partial charge in [-0.1, -0.05) is 47.9 Å². The minimum absolute atomic E-state index is 0.0886. The summed E-state index contributed by atoms with van der Waals surface area (Å²) in [5, 5.41) is 10.0. The van der Waals surface area contributed by atoms with Crippen LogP contribution in [-0.4, -0.2) is 40.4 Å². The lowest BCUT2D eigenvalue weighted by Gasteiger charge is -2.12. The summed E-state index contributed by atoms with van der Waals surface area (Å²) in [6, 6.07) is 8.18. The monoisotopic (exact) mass is 350 g/mol. The number of carbonyl (C=O) groups excluding carboxylic acids is 1. The molecule has 22 heavy (non-hydrogen) atoms. The number of thioether (sulfide) groups is 2. The van der Waals surface area contributed by atoms with E-state index in [4.69, 9.17) is 17.3 Å². The highest BCUT2D eigenvalue weighted by Gasteiger charge is 2.31. The van der Waals surface area contributed by atoms with Crippen LogP contribution >= 0.6 is 35.7 Å². The van der Waals surface area contributed by atoms with Crippen LogP contribution in [0.4, 0.5) is 5.69 Å². The number of para-hydroxylation sites is 1. The number of anilines is 1. The van der Waals surface area contributed by atoms with Crippen LogP contribution in [0, 0.1) is 0 Å². The Morgan fingerprint density at radius 1 is 1.27 bits per heavy atom. The molecule has 0 aromatic heterocycles. The van der Waals surface area contributed by atoms with Crippen LogP contribution in [0.1, 0.15) is 0 Å². The molecule has 1 aromatic rings. The van der Waals surface area contributed by atoms with E-state index in [1.54, 1.807) is 17.8 Å². The first-order valence-electron chi connectivity index (χ1n) is 6.69. The minimum atomic E-state index is -0.135. The molecule has 0 spiro atoms. The third-order valence-electron chi connectivity index (χ3n) is 3.35. The van der Waals surface area contributed by atoms with E-state index < -0.39 is 0 Å². The summed E-state index contributed by atoms with van der Waals surface area (Å²) in [6.07, 6.45) is 3.75. The molecule has 1 saturated heterocycles. The molecule has 0 saturated carbocycles. The average Bonchev–Trinajstić information content (AvgIpc) is 2.98. The van der Waals surface area contributed by atoms with Gasteiger partial charge in [0.25, 0.3) is 5.91 Å². The van der Waals surface area contributed by atoms with Gasteiger partial charge in [-0.2, -0.15) is 0 Å². The van der Waals surface area contributed by atoms with E-state index in [1.165, 1.54) is 27.2 Å². The number of amides is 1. The fourth-order valence-corrected chi connectivity index (χ4v) is 4.52. The molecule has 1 fully saturated rings. The van der Waals surface area contributed by atoms with Gasteiger partial charge in [0, 0.05) is 11.9 Å². The number of fused-ring (bicyclic) bond motifs is 1. The van der Waals surface area contributed by atoms with Gasteiger partial charge >= 0.3 is 0 Å². The number of thiocarbonyl (C=S) groups is 1. The first-order chi connectivity index (χ1) is 10.6. The third-order valence-corrected chi connectivity index (χ3v) is 5.93. The number of carbonyl (C=O) groups is 1. The van der Waals surface area contributed by atoms with E-state index in [0.717, 1.165) is 5.03 Å². The number of nitrogens with zero attached hydrogens (tertiary/aromatic N) is 2. The molecule has 1 aromatic carbocycles. The van der Waals surface area contributed by atoms with Gasteiger partial charge in [-0.25, -0.2) is 0 Å². The number of rotatable bonds is 3. The fraction of sp³-hybridized carbons (Fsp3) is 0.200. The van der Waals surface area contributed by atoms with E-state index in [-0.39, 0.29) is 19.1 Å². The van der Waals surface area contributed by atoms with Crippen LogP contribution in [0.2, 0.25) is 0 Å². The molecule has 4 nitrogen and oxygen atoms in total. The summed E-state index contributed by atoms with van der Waals surface area (Å²) < 4.78 is 0.499. The molecule has 0 atom stereocenters. The molecule has 1 amide bonds. The molecule has 114 valence electrons. The maximum Gasteiger partial charge on any atom is 0.266 e. The molecule has 0 bridgehead atoms. The molecule has 0 unspecified atom stereocenters. The predicted molar refractivity (Wildman–Crippen MR) is 95.9 cm³/mol. The van der Waals surface area contributed by atoms with E-state index in [2.05, 4.69) is 17.0 Å². The highest BCUT2D eigenvalue weighted by molar-refractivity contribution is 8.26. The van der Waals surface area contributed by atoms with Crippen molar-refractivity contribution in [1.29, 1.82) is 0 Å². The zero-order valence-electron chi connectivity index (χ0n) is 11.9. The zero-order valence-corrected chi connectivity index (χ0v) is 14.3. The Balaban J connectivity index is 1.80. The Morgan fingerprint density at radius 2 is 2.05 bits per heavy atom. The molecule has 7 heteroatoms. The number of hydrogen-bond donors (Lipinski definition) is 1. The lowest BCUT2D eigenvalue weighted by molar-refractivity contribution is -0.122. The Bertz CT molecular complexity index is 700. The Morgan fingerprint density at radius 3 is 2.77 bits per heavy atom. The number of aliphatic hydroxyl groups excluding tert-OH is 1. The van der Waals surface area contributed by atoms with Crippen molar-refractivity contribution in [2.24, 2.45) is 0 Å². The summed E-state index contributed by atoms with van der Waals surface area (Å²) in [6.45, 7) is 0.160. The van der Waals surface area contributed by atoms with E-state index in [1.807, 2.05) is 25.3 Å². The molecule has 0 aliphatic carbocycles. The maximum absolute atomic E-state index is 12.2. The van der Waals surface area contributed by atoms with E-state index in [9.17, 15) is 4.79 Å². The molecule has 2 aliphatic heterocycles. The summed E-state index contributed by atoms with van der Waals surface area (Å²) in [5.41, 5.74) is 1.17. The summed E-state index contributed by atoms with van der Waals surface area (Å²) in [5.74, 6) is -0.135. The lowest BCUT2D eigenvalue weighted by atomic mass is 10.3. The van der Waals surface area contributed by atoms with Crippen LogP contribution in [0.15, 0.2) is 51.2 Å². The highest BCUT2D eigenvalue weighted by Crippen LogP contribution is 2.44. The van der Waals surface area contributed by atoms with Crippen LogP contribution in [0.5, 0.6) is 0 Å². The number of hydrogen-bond acceptors (Lipinski definition) is 6. The molecule has 0 radical (unpaired) electrons. The van der Waals surface area contributed by atoms with Gasteiger partial charge in [0.1, 0.15) is 4.32 Å². The van der Waals surface area contributed by atoms with Crippen molar-refractivity contribution in [2.45, 2.75) is 4.90 Å². The van der Waals surface area contributed by atoms with Crippen molar-refractivity contribution in [3.63, 3.8) is 0 Å². The average molecular weight is 350 g/mol. The van der Waals surface area contributed by atoms with Gasteiger partial charge in [-0.15, -0.1) is 0 Å². The van der Waals surface area contributed by atoms with Gasteiger partial charge in [0.05, 0.1) is 28.8 Å². The van der Waals surface area contributed by atoms with Crippen molar-refractivity contribution in [3.05, 3.63) is 46.4 Å². The SMILES string of the molecule is CN1C(=CC=C2SC(=S)N(CCO)C2=O)Sc2ccccc21. The highest BCUT2D eigenvalue weighted by atomic mass is 32.2. The lowest BCUT2D eigenvalue weighted by Crippen LogP contribution is -2.30. The minimum Gasteiger partial charge on any atom is -0.395 e. The van der Waals surface area contributed by atoms with Crippen molar-refractivity contribution in [2.75, 3.05) is 25.1 Å². The van der Waals surface area contributed by atoms with Crippen LogP contribution in [0.3, 0.4) is 0 Å².